The first-order valence-electron chi connectivity index (χ1n) is 8.34. The number of hydrogen-bond donors (Lipinski definition) is 2. The van der Waals surface area contributed by atoms with E-state index < -0.39 is 0 Å². The maximum absolute atomic E-state index is 11.5. The van der Waals surface area contributed by atoms with Crippen molar-refractivity contribution < 1.29 is 23.9 Å². The van der Waals surface area contributed by atoms with Crippen molar-refractivity contribution in [2.24, 2.45) is 0 Å². The van der Waals surface area contributed by atoms with Crippen LogP contribution in [0.5, 0.6) is 0 Å². The molecule has 0 aliphatic carbocycles. The van der Waals surface area contributed by atoms with Crippen molar-refractivity contribution in [1.29, 1.82) is 0 Å². The van der Waals surface area contributed by atoms with Crippen LogP contribution in [0.3, 0.4) is 0 Å². The van der Waals surface area contributed by atoms with Gasteiger partial charge in [0.25, 0.3) is 0 Å². The van der Waals surface area contributed by atoms with Gasteiger partial charge in [-0.3, -0.25) is 9.59 Å². The Bertz CT molecular complexity index is 347. The number of hydrogen-bond acceptors (Lipinski definition) is 5. The Morgan fingerprint density at radius 3 is 1.78 bits per heavy atom. The molecule has 0 atom stereocenters. The van der Waals surface area contributed by atoms with Gasteiger partial charge in [0.15, 0.2) is 0 Å². The van der Waals surface area contributed by atoms with Crippen molar-refractivity contribution in [2.75, 3.05) is 26.8 Å². The maximum atomic E-state index is 11.5. The van der Waals surface area contributed by atoms with Crippen LogP contribution in [0.1, 0.15) is 58.3 Å². The van der Waals surface area contributed by atoms with E-state index in [1.54, 1.807) is 6.92 Å². The first kappa shape index (κ1) is 21.2. The molecule has 2 N–H and O–H groups in total. The highest BCUT2D eigenvalue weighted by Crippen LogP contribution is 2.01. The van der Waals surface area contributed by atoms with Gasteiger partial charge in [-0.1, -0.05) is 12.8 Å². The maximum Gasteiger partial charge on any atom is 0.314 e. The summed E-state index contributed by atoms with van der Waals surface area (Å²) in [5.41, 5.74) is 0. The summed E-state index contributed by atoms with van der Waals surface area (Å²) in [6.45, 7) is 3.40. The molecule has 0 aliphatic heterocycles. The molecule has 7 nitrogen and oxygen atoms in total. The van der Waals surface area contributed by atoms with Gasteiger partial charge in [-0.25, -0.2) is 4.79 Å². The standard InChI is InChI=1S/C16H30N2O5/c1-3-23-15(20)11-7-5-9-13-18-16(21)17-12-8-4-6-10-14(19)22-2/h3-13H2,1-2H3,(H2,17,18,21). The fraction of sp³-hybridized carbons (Fsp3) is 0.812. The van der Waals surface area contributed by atoms with Gasteiger partial charge >= 0.3 is 18.0 Å². The SMILES string of the molecule is CCOC(=O)CCCCCNC(=O)NCCCCCC(=O)OC. The molecule has 2 amide bonds. The highest BCUT2D eigenvalue weighted by molar-refractivity contribution is 5.73. The lowest BCUT2D eigenvalue weighted by Crippen LogP contribution is -2.36. The molecule has 0 aromatic carbocycles. The van der Waals surface area contributed by atoms with Gasteiger partial charge in [0.05, 0.1) is 13.7 Å². The first-order chi connectivity index (χ1) is 11.1. The average Bonchev–Trinajstić information content (AvgIpc) is 2.53. The van der Waals surface area contributed by atoms with Gasteiger partial charge in [-0.15, -0.1) is 0 Å². The van der Waals surface area contributed by atoms with E-state index in [1.807, 2.05) is 0 Å². The zero-order valence-corrected chi connectivity index (χ0v) is 14.3. The Hall–Kier alpha value is -1.79. The molecule has 0 aromatic heterocycles. The smallest absolute Gasteiger partial charge is 0.314 e. The van der Waals surface area contributed by atoms with E-state index in [0.29, 0.717) is 32.5 Å². The predicted molar refractivity (Wildman–Crippen MR) is 87.0 cm³/mol. The molecule has 0 radical (unpaired) electrons. The third-order valence-corrected chi connectivity index (χ3v) is 3.22. The largest absolute Gasteiger partial charge is 0.469 e. The molecule has 23 heavy (non-hydrogen) atoms. The molecule has 0 spiro atoms. The van der Waals surface area contributed by atoms with Crippen molar-refractivity contribution >= 4 is 18.0 Å². The van der Waals surface area contributed by atoms with Crippen LogP contribution in [0, 0.1) is 0 Å². The summed E-state index contributed by atoms with van der Waals surface area (Å²) in [5.74, 6) is -0.357. The van der Waals surface area contributed by atoms with Crippen molar-refractivity contribution in [3.05, 3.63) is 0 Å². The van der Waals surface area contributed by atoms with E-state index in [0.717, 1.165) is 38.5 Å². The fourth-order valence-electron chi connectivity index (χ4n) is 1.94. The van der Waals surface area contributed by atoms with Crippen LogP contribution in [0.4, 0.5) is 4.79 Å². The van der Waals surface area contributed by atoms with E-state index in [2.05, 4.69) is 15.4 Å². The van der Waals surface area contributed by atoms with E-state index in [4.69, 9.17) is 4.74 Å². The lowest BCUT2D eigenvalue weighted by atomic mass is 10.2. The van der Waals surface area contributed by atoms with Gasteiger partial charge in [-0.2, -0.15) is 0 Å². The number of carbonyl (C=O) groups excluding carboxylic acids is 3. The number of urea groups is 1. The molecule has 0 fully saturated rings. The molecule has 0 unspecified atom stereocenters. The second-order valence-corrected chi connectivity index (χ2v) is 5.19. The topological polar surface area (TPSA) is 93.7 Å². The van der Waals surface area contributed by atoms with Crippen LogP contribution < -0.4 is 10.6 Å². The van der Waals surface area contributed by atoms with Gasteiger partial charge in [0, 0.05) is 25.9 Å². The molecule has 0 bridgehead atoms. The normalized spacial score (nSPS) is 10.0. The van der Waals surface area contributed by atoms with E-state index in [1.165, 1.54) is 7.11 Å². The molecule has 7 heteroatoms. The Labute approximate surface area is 138 Å². The lowest BCUT2D eigenvalue weighted by Gasteiger charge is -2.07. The highest BCUT2D eigenvalue weighted by atomic mass is 16.5. The van der Waals surface area contributed by atoms with Crippen molar-refractivity contribution in [3.63, 3.8) is 0 Å². The van der Waals surface area contributed by atoms with Gasteiger partial charge < -0.3 is 20.1 Å². The zero-order valence-electron chi connectivity index (χ0n) is 14.3. The van der Waals surface area contributed by atoms with E-state index in [9.17, 15) is 14.4 Å². The second kappa shape index (κ2) is 15.1. The molecule has 0 saturated carbocycles. The number of amides is 2. The van der Waals surface area contributed by atoms with Crippen LogP contribution in [0.15, 0.2) is 0 Å². The van der Waals surface area contributed by atoms with Crippen LogP contribution >= 0.6 is 0 Å². The lowest BCUT2D eigenvalue weighted by molar-refractivity contribution is -0.143. The number of ether oxygens (including phenoxy) is 2. The molecule has 0 heterocycles. The van der Waals surface area contributed by atoms with Crippen LogP contribution in [-0.2, 0) is 19.1 Å². The number of rotatable bonds is 13. The summed E-state index contributed by atoms with van der Waals surface area (Å²) < 4.78 is 9.38. The van der Waals surface area contributed by atoms with Crippen molar-refractivity contribution in [1.82, 2.24) is 10.6 Å². The number of esters is 2. The number of methoxy groups -OCH3 is 1. The highest BCUT2D eigenvalue weighted by Gasteiger charge is 2.02. The molecular formula is C16H30N2O5. The molecule has 0 rings (SSSR count). The summed E-state index contributed by atoms with van der Waals surface area (Å²) in [5, 5.41) is 5.54. The summed E-state index contributed by atoms with van der Waals surface area (Å²) in [6, 6.07) is -0.177. The summed E-state index contributed by atoms with van der Waals surface area (Å²) in [7, 11) is 1.38. The Morgan fingerprint density at radius 1 is 0.783 bits per heavy atom. The quantitative estimate of drug-likeness (QED) is 0.398. The van der Waals surface area contributed by atoms with E-state index in [-0.39, 0.29) is 18.0 Å². The second-order valence-electron chi connectivity index (χ2n) is 5.19. The van der Waals surface area contributed by atoms with E-state index >= 15 is 0 Å². The van der Waals surface area contributed by atoms with Gasteiger partial charge in [-0.05, 0) is 32.6 Å². The number of carbonyl (C=O) groups is 3. The molecule has 134 valence electrons. The van der Waals surface area contributed by atoms with Crippen LogP contribution in [-0.4, -0.2) is 44.8 Å². The molecule has 0 aliphatic rings. The fourth-order valence-corrected chi connectivity index (χ4v) is 1.94. The summed E-state index contributed by atoms with van der Waals surface area (Å²) in [6.07, 6.45) is 5.85. The molecule has 0 aromatic rings. The van der Waals surface area contributed by atoms with Crippen LogP contribution in [0.2, 0.25) is 0 Å². The van der Waals surface area contributed by atoms with Gasteiger partial charge in [0.1, 0.15) is 0 Å². The Balaban J connectivity index is 3.31. The minimum atomic E-state index is -0.196. The van der Waals surface area contributed by atoms with Gasteiger partial charge in [0.2, 0.25) is 0 Å². The Kier molecular flexibility index (Phi) is 13.9. The monoisotopic (exact) mass is 330 g/mol. The summed E-state index contributed by atoms with van der Waals surface area (Å²) in [4.78, 5) is 33.5. The minimum absolute atomic E-state index is 0.162. The third kappa shape index (κ3) is 14.9. The minimum Gasteiger partial charge on any atom is -0.469 e. The first-order valence-corrected chi connectivity index (χ1v) is 8.34. The average molecular weight is 330 g/mol. The van der Waals surface area contributed by atoms with Crippen molar-refractivity contribution in [2.45, 2.75) is 58.3 Å². The molecule has 0 saturated heterocycles. The Morgan fingerprint density at radius 2 is 1.30 bits per heavy atom. The zero-order chi connectivity index (χ0) is 17.3. The number of unbranched alkanes of at least 4 members (excludes halogenated alkanes) is 4. The predicted octanol–water partition coefficient (Wildman–Crippen LogP) is 2.14. The third-order valence-electron chi connectivity index (χ3n) is 3.22. The van der Waals surface area contributed by atoms with Crippen molar-refractivity contribution in [3.8, 4) is 0 Å². The van der Waals surface area contributed by atoms with Crippen LogP contribution in [0.25, 0.3) is 0 Å². The number of nitrogens with one attached hydrogen (secondary N) is 2. The summed E-state index contributed by atoms with van der Waals surface area (Å²) >= 11 is 0. The molecular weight excluding hydrogens is 300 g/mol.